The lowest BCUT2D eigenvalue weighted by Crippen LogP contribution is -2.38. The van der Waals surface area contributed by atoms with Gasteiger partial charge >= 0.3 is 18.2 Å². The van der Waals surface area contributed by atoms with Crippen LogP contribution in [0.25, 0.3) is 16.9 Å². The third-order valence-electron chi connectivity index (χ3n) is 5.26. The van der Waals surface area contributed by atoms with Gasteiger partial charge in [0.05, 0.1) is 18.4 Å². The molecule has 0 saturated carbocycles. The molecule has 1 aliphatic heterocycles. The van der Waals surface area contributed by atoms with Crippen LogP contribution in [0.2, 0.25) is 0 Å². The second kappa shape index (κ2) is 8.55. The highest BCUT2D eigenvalue weighted by molar-refractivity contribution is 5.59. The number of aromatic nitrogens is 5. The van der Waals surface area contributed by atoms with Crippen molar-refractivity contribution in [3.05, 3.63) is 71.0 Å². The van der Waals surface area contributed by atoms with Crippen LogP contribution in [0.15, 0.2) is 60.9 Å². The molecule has 36 heavy (non-hydrogen) atoms. The van der Waals surface area contributed by atoms with Gasteiger partial charge < -0.3 is 24.3 Å². The van der Waals surface area contributed by atoms with E-state index in [1.165, 1.54) is 35.1 Å². The Balaban J connectivity index is 1.24. The van der Waals surface area contributed by atoms with Crippen LogP contribution in [0.5, 0.6) is 17.5 Å². The van der Waals surface area contributed by atoms with Crippen molar-refractivity contribution in [3.8, 4) is 34.5 Å². The standard InChI is InChI=1S/C22H17F3N6O5/c1-21(12-29-11-19(31(32)33)26-20(29)36-21)13-34-17-4-2-3-15(9-17)30-10-18(27-28-30)14-5-7-16(8-6-14)35-22(23,24)25/h2-11H,12-13H2,1H3/t21-/m1/s1. The number of imidazole rings is 1. The Morgan fingerprint density at radius 1 is 1.17 bits per heavy atom. The molecule has 0 spiro atoms. The number of benzene rings is 2. The molecular formula is C22H17F3N6O5. The van der Waals surface area contributed by atoms with Gasteiger partial charge in [-0.2, -0.15) is 0 Å². The van der Waals surface area contributed by atoms with Gasteiger partial charge in [0.1, 0.15) is 30.0 Å². The number of fused-ring (bicyclic) bond motifs is 1. The number of nitrogens with zero attached hydrogens (tertiary/aromatic N) is 6. The van der Waals surface area contributed by atoms with Crippen LogP contribution in [-0.4, -0.2) is 48.0 Å². The molecule has 2 aromatic heterocycles. The fraction of sp³-hybridized carbons (Fsp3) is 0.227. The summed E-state index contributed by atoms with van der Waals surface area (Å²) in [6.45, 7) is 2.30. The highest BCUT2D eigenvalue weighted by Crippen LogP contribution is 2.32. The topological polar surface area (TPSA) is 119 Å². The highest BCUT2D eigenvalue weighted by Gasteiger charge is 2.41. The first-order valence-electron chi connectivity index (χ1n) is 10.5. The number of ether oxygens (including phenoxy) is 3. The number of halogens is 3. The number of rotatable bonds is 7. The number of hydrogen-bond donors (Lipinski definition) is 0. The van der Waals surface area contributed by atoms with E-state index in [1.54, 1.807) is 35.0 Å². The summed E-state index contributed by atoms with van der Waals surface area (Å²) in [5.41, 5.74) is 0.891. The third-order valence-corrected chi connectivity index (χ3v) is 5.26. The largest absolute Gasteiger partial charge is 0.573 e. The van der Waals surface area contributed by atoms with Crippen molar-refractivity contribution in [2.75, 3.05) is 6.61 Å². The second-order valence-corrected chi connectivity index (χ2v) is 8.23. The zero-order chi connectivity index (χ0) is 25.5. The Bertz CT molecular complexity index is 1390. The molecule has 11 nitrogen and oxygen atoms in total. The molecule has 5 rings (SSSR count). The minimum atomic E-state index is -4.76. The van der Waals surface area contributed by atoms with Crippen molar-refractivity contribution in [1.82, 2.24) is 24.5 Å². The first kappa shape index (κ1) is 23.1. The van der Waals surface area contributed by atoms with Crippen LogP contribution >= 0.6 is 0 Å². The zero-order valence-electron chi connectivity index (χ0n) is 18.5. The molecule has 14 heteroatoms. The molecule has 0 radical (unpaired) electrons. The molecule has 2 aromatic carbocycles. The smallest absolute Gasteiger partial charge is 0.489 e. The Morgan fingerprint density at radius 2 is 1.94 bits per heavy atom. The summed E-state index contributed by atoms with van der Waals surface area (Å²) in [4.78, 5) is 14.1. The first-order chi connectivity index (χ1) is 17.1. The molecule has 0 fully saturated rings. The van der Waals surface area contributed by atoms with Crippen molar-refractivity contribution in [2.24, 2.45) is 0 Å². The van der Waals surface area contributed by atoms with E-state index in [1.807, 2.05) is 6.92 Å². The molecule has 0 saturated heterocycles. The lowest BCUT2D eigenvalue weighted by atomic mass is 10.1. The van der Waals surface area contributed by atoms with Crippen molar-refractivity contribution in [1.29, 1.82) is 0 Å². The van der Waals surface area contributed by atoms with Gasteiger partial charge in [-0.3, -0.25) is 4.57 Å². The predicted octanol–water partition coefficient (Wildman–Crippen LogP) is 4.17. The fourth-order valence-electron chi connectivity index (χ4n) is 3.66. The van der Waals surface area contributed by atoms with Gasteiger partial charge in [0, 0.05) is 16.6 Å². The average Bonchev–Trinajstić information content (AvgIpc) is 3.52. The van der Waals surface area contributed by atoms with E-state index < -0.39 is 16.9 Å². The summed E-state index contributed by atoms with van der Waals surface area (Å²) in [6, 6.07) is 12.5. The van der Waals surface area contributed by atoms with E-state index in [0.717, 1.165) is 0 Å². The van der Waals surface area contributed by atoms with Crippen LogP contribution in [0.3, 0.4) is 0 Å². The summed E-state index contributed by atoms with van der Waals surface area (Å²) >= 11 is 0. The van der Waals surface area contributed by atoms with Gasteiger partial charge in [-0.05, 0) is 48.2 Å². The number of nitro groups is 1. The van der Waals surface area contributed by atoms with E-state index in [9.17, 15) is 23.3 Å². The van der Waals surface area contributed by atoms with Crippen molar-refractivity contribution >= 4 is 5.82 Å². The SMILES string of the molecule is C[C@]1(COc2cccc(-n3cc(-c4ccc(OC(F)(F)F)cc4)nn3)c2)Cn2cc([N+](=O)[O-])nc2O1. The van der Waals surface area contributed by atoms with E-state index in [4.69, 9.17) is 9.47 Å². The molecule has 1 atom stereocenters. The molecule has 0 amide bonds. The van der Waals surface area contributed by atoms with Crippen LogP contribution in [-0.2, 0) is 6.54 Å². The maximum atomic E-state index is 12.3. The van der Waals surface area contributed by atoms with Gasteiger partial charge in [-0.15, -0.1) is 18.3 Å². The van der Waals surface area contributed by atoms with Crippen LogP contribution in [0.1, 0.15) is 6.92 Å². The summed E-state index contributed by atoms with van der Waals surface area (Å²) < 4.78 is 55.7. The van der Waals surface area contributed by atoms with Gasteiger partial charge in [0.15, 0.2) is 5.60 Å². The summed E-state index contributed by atoms with van der Waals surface area (Å²) in [7, 11) is 0. The number of alkyl halides is 3. The monoisotopic (exact) mass is 502 g/mol. The quantitative estimate of drug-likeness (QED) is 0.273. The minimum absolute atomic E-state index is 0.155. The Morgan fingerprint density at radius 3 is 2.64 bits per heavy atom. The molecular weight excluding hydrogens is 485 g/mol. The van der Waals surface area contributed by atoms with Crippen molar-refractivity contribution in [3.63, 3.8) is 0 Å². The summed E-state index contributed by atoms with van der Waals surface area (Å²) in [5.74, 6) is -0.0813. The van der Waals surface area contributed by atoms with Crippen molar-refractivity contribution < 1.29 is 32.3 Å². The van der Waals surface area contributed by atoms with Gasteiger partial charge in [-0.1, -0.05) is 11.3 Å². The second-order valence-electron chi connectivity index (χ2n) is 8.23. The lowest BCUT2D eigenvalue weighted by Gasteiger charge is -2.22. The van der Waals surface area contributed by atoms with E-state index >= 15 is 0 Å². The molecule has 1 aliphatic rings. The summed E-state index contributed by atoms with van der Waals surface area (Å²) in [6.07, 6.45) is -1.81. The van der Waals surface area contributed by atoms with Gasteiger partial charge in [0.2, 0.25) is 0 Å². The molecule has 0 aliphatic carbocycles. The Labute approximate surface area is 200 Å². The maximum absolute atomic E-state index is 12.3. The van der Waals surface area contributed by atoms with E-state index in [2.05, 4.69) is 20.0 Å². The molecule has 186 valence electrons. The Hall–Kier alpha value is -4.62. The average molecular weight is 502 g/mol. The van der Waals surface area contributed by atoms with E-state index in [0.29, 0.717) is 29.2 Å². The highest BCUT2D eigenvalue weighted by atomic mass is 19.4. The molecule has 0 unspecified atom stereocenters. The van der Waals surface area contributed by atoms with Crippen LogP contribution < -0.4 is 14.2 Å². The van der Waals surface area contributed by atoms with Gasteiger partial charge in [-0.25, -0.2) is 4.68 Å². The Kier molecular flexibility index (Phi) is 5.50. The normalized spacial score (nSPS) is 16.9. The third kappa shape index (κ3) is 4.92. The summed E-state index contributed by atoms with van der Waals surface area (Å²) in [5, 5.41) is 19.0. The molecule has 3 heterocycles. The molecule has 0 N–H and O–H groups in total. The lowest BCUT2D eigenvalue weighted by molar-refractivity contribution is -0.389. The van der Waals surface area contributed by atoms with Gasteiger partial charge in [0.25, 0.3) is 0 Å². The maximum Gasteiger partial charge on any atom is 0.573 e. The predicted molar refractivity (Wildman–Crippen MR) is 117 cm³/mol. The van der Waals surface area contributed by atoms with Crippen LogP contribution in [0.4, 0.5) is 19.0 Å². The number of hydrogen-bond acceptors (Lipinski definition) is 8. The first-order valence-corrected chi connectivity index (χ1v) is 10.5. The minimum Gasteiger partial charge on any atom is -0.489 e. The van der Waals surface area contributed by atoms with Crippen molar-refractivity contribution in [2.45, 2.75) is 25.4 Å². The van der Waals surface area contributed by atoms with Crippen LogP contribution in [0, 0.1) is 10.1 Å². The zero-order valence-corrected chi connectivity index (χ0v) is 18.5. The van der Waals surface area contributed by atoms with E-state index in [-0.39, 0.29) is 24.2 Å². The molecule has 0 bridgehead atoms. The molecule has 4 aromatic rings. The fourth-order valence-corrected chi connectivity index (χ4v) is 3.66.